The molecule has 1 aliphatic heterocycles. The average molecular weight is 465 g/mol. The average Bonchev–Trinajstić information content (AvgIpc) is 2.93. The molecule has 0 unspecified atom stereocenters. The lowest BCUT2D eigenvalue weighted by molar-refractivity contribution is -0.115. The molecule has 2 amide bonds. The summed E-state index contributed by atoms with van der Waals surface area (Å²) in [5, 5.41) is 9.66. The maximum absolute atomic E-state index is 12.6. The smallest absolute Gasteiger partial charge is 0.253 e. The molecule has 33 heavy (non-hydrogen) atoms. The van der Waals surface area contributed by atoms with Crippen molar-refractivity contribution in [2.24, 2.45) is 0 Å². The molecule has 170 valence electrons. The molecule has 3 aromatic rings. The molecule has 0 spiro atoms. The lowest BCUT2D eigenvalue weighted by atomic mass is 10.1. The van der Waals surface area contributed by atoms with Crippen molar-refractivity contribution >= 4 is 40.7 Å². The molecule has 0 atom stereocenters. The van der Waals surface area contributed by atoms with Gasteiger partial charge in [0.25, 0.3) is 5.91 Å². The topological polar surface area (TPSA) is 99.2 Å². The molecule has 0 radical (unpaired) electrons. The molecule has 2 heterocycles. The molecule has 1 aliphatic rings. The Kier molecular flexibility index (Phi) is 6.86. The Labute approximate surface area is 197 Å². The van der Waals surface area contributed by atoms with Crippen LogP contribution in [-0.2, 0) is 11.2 Å². The maximum atomic E-state index is 12.6. The van der Waals surface area contributed by atoms with Crippen LogP contribution in [0.3, 0.4) is 0 Å². The van der Waals surface area contributed by atoms with Gasteiger partial charge in [-0.05, 0) is 62.5 Å². The van der Waals surface area contributed by atoms with Crippen molar-refractivity contribution in [3.63, 3.8) is 0 Å². The van der Waals surface area contributed by atoms with Gasteiger partial charge in [-0.25, -0.2) is 9.97 Å². The van der Waals surface area contributed by atoms with Gasteiger partial charge in [0.15, 0.2) is 0 Å². The van der Waals surface area contributed by atoms with Crippen molar-refractivity contribution in [2.75, 3.05) is 37.8 Å². The van der Waals surface area contributed by atoms with Gasteiger partial charge < -0.3 is 20.9 Å². The highest BCUT2D eigenvalue weighted by Gasteiger charge is 2.21. The Morgan fingerprint density at radius 2 is 2.00 bits per heavy atom. The Balaban J connectivity index is 1.52. The van der Waals surface area contributed by atoms with E-state index in [1.165, 1.54) is 0 Å². The van der Waals surface area contributed by atoms with Crippen LogP contribution in [0.15, 0.2) is 48.7 Å². The van der Waals surface area contributed by atoms with Crippen LogP contribution in [0.4, 0.5) is 17.3 Å². The van der Waals surface area contributed by atoms with Gasteiger partial charge >= 0.3 is 0 Å². The zero-order valence-electron chi connectivity index (χ0n) is 18.5. The Bertz CT molecular complexity index is 1180. The molecule has 0 saturated heterocycles. The highest BCUT2D eigenvalue weighted by atomic mass is 35.5. The van der Waals surface area contributed by atoms with Crippen molar-refractivity contribution in [2.45, 2.75) is 12.8 Å². The number of fused-ring (bicyclic) bond motifs is 3. The van der Waals surface area contributed by atoms with E-state index in [9.17, 15) is 9.59 Å². The summed E-state index contributed by atoms with van der Waals surface area (Å²) < 4.78 is 0. The van der Waals surface area contributed by atoms with E-state index >= 15 is 0 Å². The predicted molar refractivity (Wildman–Crippen MR) is 130 cm³/mol. The molecule has 2 aromatic carbocycles. The van der Waals surface area contributed by atoms with Gasteiger partial charge in [0.05, 0.1) is 17.8 Å². The SMILES string of the molecule is CNCCCN(C)C(=O)c1ccc(Nc2ncc3c(n2)-c2ccc(Cl)cc2NC(=O)C3)cc1. The molecule has 3 N–H and O–H groups in total. The van der Waals surface area contributed by atoms with Gasteiger partial charge in [-0.1, -0.05) is 11.6 Å². The first-order chi connectivity index (χ1) is 15.9. The van der Waals surface area contributed by atoms with E-state index < -0.39 is 0 Å². The van der Waals surface area contributed by atoms with Crippen molar-refractivity contribution in [3.8, 4) is 11.3 Å². The number of hydrogen-bond acceptors (Lipinski definition) is 6. The fourth-order valence-corrected chi connectivity index (χ4v) is 3.84. The lowest BCUT2D eigenvalue weighted by Gasteiger charge is -2.17. The molecule has 8 nitrogen and oxygen atoms in total. The van der Waals surface area contributed by atoms with Crippen LogP contribution in [0.2, 0.25) is 5.02 Å². The van der Waals surface area contributed by atoms with E-state index in [1.807, 2.05) is 25.2 Å². The third kappa shape index (κ3) is 5.30. The van der Waals surface area contributed by atoms with E-state index in [0.717, 1.165) is 29.8 Å². The summed E-state index contributed by atoms with van der Waals surface area (Å²) >= 11 is 6.10. The minimum Gasteiger partial charge on any atom is -0.342 e. The van der Waals surface area contributed by atoms with E-state index in [-0.39, 0.29) is 18.2 Å². The third-order valence-corrected chi connectivity index (χ3v) is 5.62. The number of aromatic nitrogens is 2. The molecule has 0 saturated carbocycles. The summed E-state index contributed by atoms with van der Waals surface area (Å²) in [7, 11) is 3.70. The Morgan fingerprint density at radius 1 is 1.21 bits per heavy atom. The minimum atomic E-state index is -0.141. The maximum Gasteiger partial charge on any atom is 0.253 e. The number of carbonyl (C=O) groups excluding carboxylic acids is 2. The van der Waals surface area contributed by atoms with Crippen molar-refractivity contribution in [3.05, 3.63) is 64.8 Å². The highest BCUT2D eigenvalue weighted by Crippen LogP contribution is 2.34. The summed E-state index contributed by atoms with van der Waals surface area (Å²) in [6.45, 7) is 1.55. The van der Waals surface area contributed by atoms with Crippen LogP contribution < -0.4 is 16.0 Å². The fraction of sp³-hybridized carbons (Fsp3) is 0.250. The predicted octanol–water partition coefficient (Wildman–Crippen LogP) is 3.72. The molecule has 9 heteroatoms. The largest absolute Gasteiger partial charge is 0.342 e. The zero-order chi connectivity index (χ0) is 23.4. The molecule has 4 rings (SSSR count). The van der Waals surface area contributed by atoms with Crippen LogP contribution in [0.25, 0.3) is 11.3 Å². The lowest BCUT2D eigenvalue weighted by Crippen LogP contribution is -2.29. The number of nitrogens with one attached hydrogen (secondary N) is 3. The van der Waals surface area contributed by atoms with Crippen LogP contribution in [0.5, 0.6) is 0 Å². The molecule has 0 bridgehead atoms. The van der Waals surface area contributed by atoms with E-state index in [2.05, 4.69) is 25.9 Å². The second-order valence-electron chi connectivity index (χ2n) is 7.87. The van der Waals surface area contributed by atoms with E-state index in [0.29, 0.717) is 34.5 Å². The second kappa shape index (κ2) is 9.97. The molecule has 1 aromatic heterocycles. The number of nitrogens with zero attached hydrogens (tertiary/aromatic N) is 3. The van der Waals surface area contributed by atoms with E-state index in [1.54, 1.807) is 42.4 Å². The highest BCUT2D eigenvalue weighted by molar-refractivity contribution is 6.31. The quantitative estimate of drug-likeness (QED) is 0.461. The summed E-state index contributed by atoms with van der Waals surface area (Å²) in [6, 6.07) is 12.5. The number of halogens is 1. The van der Waals surface area contributed by atoms with Crippen LogP contribution >= 0.6 is 11.6 Å². The van der Waals surface area contributed by atoms with Gasteiger partial charge in [0.2, 0.25) is 11.9 Å². The number of anilines is 3. The molecular formula is C24H25ClN6O2. The standard InChI is InChI=1S/C24H25ClN6O2/c1-26-10-3-11-31(2)23(33)15-4-7-18(8-5-15)28-24-27-14-16-12-21(32)29-20-13-17(25)6-9-19(20)22(16)30-24/h4-9,13-14,26H,3,10-12H2,1-2H3,(H,29,32)(H,27,28,30). The van der Waals surface area contributed by atoms with Gasteiger partial charge in [-0.15, -0.1) is 0 Å². The number of rotatable bonds is 7. The van der Waals surface area contributed by atoms with Crippen molar-refractivity contribution in [1.29, 1.82) is 0 Å². The van der Waals surface area contributed by atoms with Crippen molar-refractivity contribution < 1.29 is 9.59 Å². The summed E-state index contributed by atoms with van der Waals surface area (Å²) in [6.07, 6.45) is 2.73. The number of hydrogen-bond donors (Lipinski definition) is 3. The number of benzene rings is 2. The first-order valence-corrected chi connectivity index (χ1v) is 11.0. The van der Waals surface area contributed by atoms with Crippen LogP contribution in [0, 0.1) is 0 Å². The van der Waals surface area contributed by atoms with Crippen LogP contribution in [-0.4, -0.2) is 53.9 Å². The van der Waals surface area contributed by atoms with E-state index in [4.69, 9.17) is 11.6 Å². The monoisotopic (exact) mass is 464 g/mol. The van der Waals surface area contributed by atoms with Gasteiger partial charge in [0, 0.05) is 47.2 Å². The third-order valence-electron chi connectivity index (χ3n) is 5.38. The van der Waals surface area contributed by atoms with Gasteiger partial charge in [-0.3, -0.25) is 9.59 Å². The Hall–Kier alpha value is -3.49. The number of amides is 2. The normalized spacial score (nSPS) is 12.3. The second-order valence-corrected chi connectivity index (χ2v) is 8.30. The van der Waals surface area contributed by atoms with Crippen molar-refractivity contribution in [1.82, 2.24) is 20.2 Å². The summed E-state index contributed by atoms with van der Waals surface area (Å²) in [5.74, 6) is 0.233. The van der Waals surface area contributed by atoms with Crippen LogP contribution in [0.1, 0.15) is 22.3 Å². The Morgan fingerprint density at radius 3 is 2.76 bits per heavy atom. The zero-order valence-corrected chi connectivity index (χ0v) is 19.2. The van der Waals surface area contributed by atoms with Gasteiger partial charge in [-0.2, -0.15) is 0 Å². The molecule has 0 aliphatic carbocycles. The fourth-order valence-electron chi connectivity index (χ4n) is 3.66. The summed E-state index contributed by atoms with van der Waals surface area (Å²) in [5.41, 5.74) is 4.19. The first kappa shape index (κ1) is 22.7. The molecular weight excluding hydrogens is 440 g/mol. The summed E-state index contributed by atoms with van der Waals surface area (Å²) in [4.78, 5) is 35.6. The number of carbonyl (C=O) groups is 2. The van der Waals surface area contributed by atoms with Gasteiger partial charge in [0.1, 0.15) is 0 Å². The first-order valence-electron chi connectivity index (χ1n) is 10.7. The molecule has 0 fully saturated rings. The minimum absolute atomic E-state index is 0.0219.